The van der Waals surface area contributed by atoms with E-state index in [1.807, 2.05) is 0 Å². The van der Waals surface area contributed by atoms with Crippen LogP contribution in [-0.2, 0) is 0 Å². The van der Waals surface area contributed by atoms with Crippen molar-refractivity contribution in [3.8, 4) is 11.5 Å². The summed E-state index contributed by atoms with van der Waals surface area (Å²) < 4.78 is 18.3. The van der Waals surface area contributed by atoms with Crippen LogP contribution in [0.2, 0.25) is 0 Å². The second kappa shape index (κ2) is 6.27. The minimum atomic E-state index is -0.416. The van der Waals surface area contributed by atoms with Gasteiger partial charge in [-0.2, -0.15) is 0 Å². The van der Waals surface area contributed by atoms with Crippen LogP contribution in [0, 0.1) is 11.7 Å². The van der Waals surface area contributed by atoms with E-state index in [-0.39, 0.29) is 11.8 Å². The van der Waals surface area contributed by atoms with Gasteiger partial charge >= 0.3 is 11.8 Å². The van der Waals surface area contributed by atoms with Gasteiger partial charge in [-0.1, -0.05) is 19.9 Å². The molecule has 0 fully saturated rings. The van der Waals surface area contributed by atoms with E-state index in [0.29, 0.717) is 18.0 Å². The smallest absolute Gasteiger partial charge is 0.308 e. The number of rotatable bonds is 5. The van der Waals surface area contributed by atoms with Gasteiger partial charge in [0.25, 0.3) is 0 Å². The van der Waals surface area contributed by atoms with Crippen LogP contribution in [0.3, 0.4) is 0 Å². The average molecular weight is 277 g/mol. The molecule has 106 valence electrons. The third kappa shape index (κ3) is 3.63. The van der Waals surface area contributed by atoms with Crippen molar-refractivity contribution in [1.82, 2.24) is 15.5 Å². The normalized spacial score (nSPS) is 10.8. The molecule has 0 aliphatic rings. The van der Waals surface area contributed by atoms with Crippen molar-refractivity contribution in [2.24, 2.45) is 5.92 Å². The summed E-state index contributed by atoms with van der Waals surface area (Å²) in [6.07, 6.45) is 0.872. The lowest BCUT2D eigenvalue weighted by atomic mass is 10.1. The van der Waals surface area contributed by atoms with Crippen molar-refractivity contribution in [3.05, 3.63) is 36.0 Å². The van der Waals surface area contributed by atoms with Crippen molar-refractivity contribution in [2.75, 3.05) is 6.54 Å². The lowest BCUT2D eigenvalue weighted by molar-refractivity contribution is 0.0918. The second-order valence-corrected chi connectivity index (χ2v) is 4.86. The van der Waals surface area contributed by atoms with Gasteiger partial charge in [0.05, 0.1) is 0 Å². The Bertz CT molecular complexity index is 596. The first-order chi connectivity index (χ1) is 9.56. The molecule has 0 aliphatic carbocycles. The third-order valence-corrected chi connectivity index (χ3v) is 2.70. The second-order valence-electron chi connectivity index (χ2n) is 4.86. The number of carbonyl (C=O) groups is 1. The zero-order chi connectivity index (χ0) is 14.5. The Morgan fingerprint density at radius 3 is 2.90 bits per heavy atom. The minimum absolute atomic E-state index is 0.118. The molecule has 0 atom stereocenters. The topological polar surface area (TPSA) is 68.0 Å². The lowest BCUT2D eigenvalue weighted by Gasteiger charge is -2.04. The van der Waals surface area contributed by atoms with Gasteiger partial charge in [-0.3, -0.25) is 4.79 Å². The summed E-state index contributed by atoms with van der Waals surface area (Å²) >= 11 is 0. The van der Waals surface area contributed by atoms with Crippen LogP contribution in [0.5, 0.6) is 0 Å². The maximum absolute atomic E-state index is 13.1. The van der Waals surface area contributed by atoms with E-state index in [1.165, 1.54) is 18.2 Å². The summed E-state index contributed by atoms with van der Waals surface area (Å²) in [6.45, 7) is 4.69. The molecule has 1 aromatic heterocycles. The molecular weight excluding hydrogens is 261 g/mol. The van der Waals surface area contributed by atoms with Gasteiger partial charge in [0.2, 0.25) is 5.89 Å². The van der Waals surface area contributed by atoms with E-state index in [9.17, 15) is 9.18 Å². The quantitative estimate of drug-likeness (QED) is 0.912. The lowest BCUT2D eigenvalue weighted by Crippen LogP contribution is -2.25. The first-order valence-corrected chi connectivity index (χ1v) is 6.44. The van der Waals surface area contributed by atoms with Crippen LogP contribution in [-0.4, -0.2) is 22.6 Å². The van der Waals surface area contributed by atoms with E-state index < -0.39 is 11.7 Å². The van der Waals surface area contributed by atoms with Gasteiger partial charge in [0, 0.05) is 12.1 Å². The summed E-state index contributed by atoms with van der Waals surface area (Å²) in [5.41, 5.74) is 0.443. The number of halogens is 1. The van der Waals surface area contributed by atoms with Crippen LogP contribution in [0.25, 0.3) is 11.5 Å². The monoisotopic (exact) mass is 277 g/mol. The van der Waals surface area contributed by atoms with E-state index in [2.05, 4.69) is 29.4 Å². The van der Waals surface area contributed by atoms with E-state index >= 15 is 0 Å². The number of hydrogen-bond acceptors (Lipinski definition) is 4. The van der Waals surface area contributed by atoms with Crippen molar-refractivity contribution >= 4 is 5.91 Å². The molecule has 2 aromatic rings. The molecule has 0 spiro atoms. The van der Waals surface area contributed by atoms with Crippen molar-refractivity contribution in [1.29, 1.82) is 0 Å². The van der Waals surface area contributed by atoms with Crippen LogP contribution in [0.15, 0.2) is 28.7 Å². The summed E-state index contributed by atoms with van der Waals surface area (Å²) in [4.78, 5) is 11.8. The predicted molar refractivity (Wildman–Crippen MR) is 71.5 cm³/mol. The fourth-order valence-electron chi connectivity index (χ4n) is 1.60. The standard InChI is InChI=1S/C14H16FN3O2/c1-9(2)6-7-16-12(19)14-18-17-13(20-14)10-4-3-5-11(15)8-10/h3-5,8-9H,6-7H2,1-2H3,(H,16,19). The van der Waals surface area contributed by atoms with Crippen LogP contribution < -0.4 is 5.32 Å². The predicted octanol–water partition coefficient (Wildman–Crippen LogP) is 2.65. The first-order valence-electron chi connectivity index (χ1n) is 6.44. The number of carbonyl (C=O) groups excluding carboxylic acids is 1. The summed E-state index contributed by atoms with van der Waals surface area (Å²) in [7, 11) is 0. The number of benzene rings is 1. The van der Waals surface area contributed by atoms with Gasteiger partial charge < -0.3 is 9.73 Å². The van der Waals surface area contributed by atoms with E-state index in [0.717, 1.165) is 6.42 Å². The van der Waals surface area contributed by atoms with Gasteiger partial charge in [0.1, 0.15) is 5.82 Å². The highest BCUT2D eigenvalue weighted by Crippen LogP contribution is 2.18. The maximum atomic E-state index is 13.1. The molecule has 1 amide bonds. The molecule has 1 heterocycles. The summed E-state index contributed by atoms with van der Waals surface area (Å²) in [5.74, 6) is -0.309. The van der Waals surface area contributed by atoms with Crippen LogP contribution in [0.4, 0.5) is 4.39 Å². The van der Waals surface area contributed by atoms with Gasteiger partial charge in [0.15, 0.2) is 0 Å². The largest absolute Gasteiger partial charge is 0.412 e. The Kier molecular flexibility index (Phi) is 4.45. The average Bonchev–Trinajstić information content (AvgIpc) is 2.87. The Balaban J connectivity index is 2.03. The van der Waals surface area contributed by atoms with Gasteiger partial charge in [-0.15, -0.1) is 10.2 Å². The van der Waals surface area contributed by atoms with Crippen molar-refractivity contribution < 1.29 is 13.6 Å². The molecule has 0 aliphatic heterocycles. The molecule has 0 radical (unpaired) electrons. The Labute approximate surface area is 116 Å². The van der Waals surface area contributed by atoms with Crippen LogP contribution >= 0.6 is 0 Å². The summed E-state index contributed by atoms with van der Waals surface area (Å²) in [6, 6.07) is 5.77. The molecule has 0 saturated heterocycles. The third-order valence-electron chi connectivity index (χ3n) is 2.70. The number of aromatic nitrogens is 2. The molecule has 5 nitrogen and oxygen atoms in total. The molecule has 6 heteroatoms. The molecule has 1 aromatic carbocycles. The summed E-state index contributed by atoms with van der Waals surface area (Å²) in [5, 5.41) is 10.1. The molecular formula is C14H16FN3O2. The van der Waals surface area contributed by atoms with Crippen molar-refractivity contribution in [3.63, 3.8) is 0 Å². The fraction of sp³-hybridized carbons (Fsp3) is 0.357. The molecule has 0 unspecified atom stereocenters. The van der Waals surface area contributed by atoms with E-state index in [1.54, 1.807) is 6.07 Å². The zero-order valence-corrected chi connectivity index (χ0v) is 11.4. The molecule has 0 bridgehead atoms. The highest BCUT2D eigenvalue weighted by molar-refractivity contribution is 5.89. The van der Waals surface area contributed by atoms with Gasteiger partial charge in [-0.05, 0) is 30.5 Å². The number of amides is 1. The highest BCUT2D eigenvalue weighted by Gasteiger charge is 2.15. The SMILES string of the molecule is CC(C)CCNC(=O)c1nnc(-c2cccc(F)c2)o1. The Morgan fingerprint density at radius 2 is 2.20 bits per heavy atom. The van der Waals surface area contributed by atoms with Crippen molar-refractivity contribution in [2.45, 2.75) is 20.3 Å². The Morgan fingerprint density at radius 1 is 1.40 bits per heavy atom. The molecule has 0 saturated carbocycles. The number of nitrogens with zero attached hydrogens (tertiary/aromatic N) is 2. The van der Waals surface area contributed by atoms with E-state index in [4.69, 9.17) is 4.42 Å². The number of hydrogen-bond donors (Lipinski definition) is 1. The minimum Gasteiger partial charge on any atom is -0.412 e. The fourth-order valence-corrected chi connectivity index (χ4v) is 1.60. The van der Waals surface area contributed by atoms with Gasteiger partial charge in [-0.25, -0.2) is 4.39 Å². The molecule has 20 heavy (non-hydrogen) atoms. The molecule has 1 N–H and O–H groups in total. The highest BCUT2D eigenvalue weighted by atomic mass is 19.1. The first kappa shape index (κ1) is 14.2. The zero-order valence-electron chi connectivity index (χ0n) is 11.4. The maximum Gasteiger partial charge on any atom is 0.308 e. The Hall–Kier alpha value is -2.24. The van der Waals surface area contributed by atoms with Crippen LogP contribution in [0.1, 0.15) is 31.0 Å². The molecule has 2 rings (SSSR count). The number of nitrogens with one attached hydrogen (secondary N) is 1.